The van der Waals surface area contributed by atoms with Gasteiger partial charge >= 0.3 is 5.97 Å². The van der Waals surface area contributed by atoms with Gasteiger partial charge in [-0.1, -0.05) is 29.4 Å². The molecule has 0 spiro atoms. The Morgan fingerprint density at radius 1 is 1.24 bits per heavy atom. The molecule has 154 valence electrons. The Hall–Kier alpha value is -3.05. The highest BCUT2D eigenvalue weighted by Gasteiger charge is 2.19. The van der Waals surface area contributed by atoms with Crippen LogP contribution in [0.3, 0.4) is 0 Å². The zero-order chi connectivity index (χ0) is 21.0. The first kappa shape index (κ1) is 20.7. The maximum Gasteiger partial charge on any atom is 0.307 e. The molecule has 10 nitrogen and oxygen atoms in total. The summed E-state index contributed by atoms with van der Waals surface area (Å²) in [5.74, 6) is 0.531. The van der Waals surface area contributed by atoms with Gasteiger partial charge < -0.3 is 13.8 Å². The Bertz CT molecular complexity index is 1100. The largest absolute Gasteiger partial charge is 0.456 e. The number of sulfonamides is 1. The molecule has 11 heteroatoms. The van der Waals surface area contributed by atoms with E-state index in [0.29, 0.717) is 11.6 Å². The topological polar surface area (TPSA) is 129 Å². The molecule has 0 atom stereocenters. The minimum Gasteiger partial charge on any atom is -0.456 e. The van der Waals surface area contributed by atoms with Gasteiger partial charge in [0.15, 0.2) is 11.6 Å². The van der Waals surface area contributed by atoms with Crippen molar-refractivity contribution >= 4 is 16.0 Å². The molecule has 3 rings (SSSR count). The molecule has 3 aromatic rings. The van der Waals surface area contributed by atoms with Crippen LogP contribution in [0.2, 0.25) is 0 Å². The van der Waals surface area contributed by atoms with Gasteiger partial charge in [-0.2, -0.15) is 4.98 Å². The van der Waals surface area contributed by atoms with Gasteiger partial charge in [0.05, 0.1) is 6.42 Å². The molecule has 2 aromatic heterocycles. The van der Waals surface area contributed by atoms with Crippen molar-refractivity contribution in [1.29, 1.82) is 0 Å². The normalized spacial score (nSPS) is 11.6. The number of rotatable bonds is 8. The molecular formula is C18H21N5O5S. The van der Waals surface area contributed by atoms with Gasteiger partial charge in [-0.3, -0.25) is 4.79 Å². The van der Waals surface area contributed by atoms with Crippen molar-refractivity contribution in [1.82, 2.24) is 24.4 Å². The molecule has 0 aliphatic heterocycles. The van der Waals surface area contributed by atoms with Crippen molar-refractivity contribution in [2.75, 3.05) is 6.54 Å². The second-order valence-corrected chi connectivity index (χ2v) is 8.09. The quantitative estimate of drug-likeness (QED) is 0.544. The van der Waals surface area contributed by atoms with E-state index >= 15 is 0 Å². The first-order valence-electron chi connectivity index (χ1n) is 8.80. The molecule has 0 aliphatic carbocycles. The zero-order valence-electron chi connectivity index (χ0n) is 16.2. The SMILES string of the molecule is Cc1ccccc1-c1noc(COC(=O)CCNS(=O)(=O)c2cn(C)c(C)n2)n1. The second-order valence-electron chi connectivity index (χ2n) is 6.37. The summed E-state index contributed by atoms with van der Waals surface area (Å²) in [5.41, 5.74) is 1.82. The summed E-state index contributed by atoms with van der Waals surface area (Å²) in [6, 6.07) is 7.57. The zero-order valence-corrected chi connectivity index (χ0v) is 17.1. The molecule has 29 heavy (non-hydrogen) atoms. The lowest BCUT2D eigenvalue weighted by Crippen LogP contribution is -2.27. The number of nitrogens with one attached hydrogen (secondary N) is 1. The van der Waals surface area contributed by atoms with E-state index in [-0.39, 0.29) is 30.5 Å². The van der Waals surface area contributed by atoms with Crippen molar-refractivity contribution in [2.45, 2.75) is 31.9 Å². The molecule has 0 saturated carbocycles. The van der Waals surface area contributed by atoms with E-state index in [1.807, 2.05) is 31.2 Å². The van der Waals surface area contributed by atoms with Gasteiger partial charge in [-0.15, -0.1) is 0 Å². The minimum atomic E-state index is -3.79. The molecule has 1 aromatic carbocycles. The van der Waals surface area contributed by atoms with Crippen molar-refractivity contribution < 1.29 is 22.5 Å². The monoisotopic (exact) mass is 419 g/mol. The van der Waals surface area contributed by atoms with E-state index in [1.54, 1.807) is 18.5 Å². The lowest BCUT2D eigenvalue weighted by molar-refractivity contribution is -0.145. The minimum absolute atomic E-state index is 0.0968. The van der Waals surface area contributed by atoms with Crippen LogP contribution >= 0.6 is 0 Å². The first-order chi connectivity index (χ1) is 13.8. The molecule has 0 unspecified atom stereocenters. The van der Waals surface area contributed by atoms with Crippen molar-refractivity contribution in [2.24, 2.45) is 7.05 Å². The van der Waals surface area contributed by atoms with Gasteiger partial charge in [0.2, 0.25) is 5.82 Å². The van der Waals surface area contributed by atoms with Crippen LogP contribution < -0.4 is 4.72 Å². The van der Waals surface area contributed by atoms with Crippen LogP contribution in [0.4, 0.5) is 0 Å². The number of esters is 1. The fourth-order valence-electron chi connectivity index (χ4n) is 2.48. The van der Waals surface area contributed by atoms with Crippen molar-refractivity contribution in [3.63, 3.8) is 0 Å². The Morgan fingerprint density at radius 2 is 2.00 bits per heavy atom. The van der Waals surface area contributed by atoms with Crippen molar-refractivity contribution in [3.8, 4) is 11.4 Å². The van der Waals surface area contributed by atoms with E-state index in [1.165, 1.54) is 6.20 Å². The molecule has 0 bridgehead atoms. The van der Waals surface area contributed by atoms with Gasteiger partial charge in [-0.05, 0) is 19.4 Å². The number of imidazole rings is 1. The average Bonchev–Trinajstić information content (AvgIpc) is 3.27. The number of hydrogen-bond donors (Lipinski definition) is 1. The predicted molar refractivity (Wildman–Crippen MR) is 102 cm³/mol. The fraction of sp³-hybridized carbons (Fsp3) is 0.333. The Kier molecular flexibility index (Phi) is 6.09. The number of ether oxygens (including phenoxy) is 1. The second kappa shape index (κ2) is 8.53. The number of hydrogen-bond acceptors (Lipinski definition) is 8. The molecule has 0 aliphatic rings. The first-order valence-corrected chi connectivity index (χ1v) is 10.3. The van der Waals surface area contributed by atoms with Crippen LogP contribution in [-0.2, 0) is 33.2 Å². The molecule has 2 heterocycles. The Balaban J connectivity index is 1.48. The molecule has 0 saturated heterocycles. The predicted octanol–water partition coefficient (Wildman–Crippen LogP) is 1.50. The maximum atomic E-state index is 12.2. The van der Waals surface area contributed by atoms with Crippen LogP contribution in [0, 0.1) is 13.8 Å². The van der Waals surface area contributed by atoms with Crippen LogP contribution in [0.1, 0.15) is 23.7 Å². The van der Waals surface area contributed by atoms with Gasteiger partial charge in [0.1, 0.15) is 5.82 Å². The van der Waals surface area contributed by atoms with Gasteiger partial charge in [0.25, 0.3) is 15.9 Å². The molecule has 1 N–H and O–H groups in total. The third-order valence-electron chi connectivity index (χ3n) is 4.19. The standard InChI is InChI=1S/C18H21N5O5S/c1-12-6-4-5-7-14(12)18-21-15(28-22-18)11-27-17(24)8-9-19-29(25,26)16-10-23(3)13(2)20-16/h4-7,10,19H,8-9,11H2,1-3H3. The third kappa shape index (κ3) is 5.06. The van der Waals surface area contributed by atoms with Gasteiger partial charge in [-0.25, -0.2) is 18.1 Å². The highest BCUT2D eigenvalue weighted by molar-refractivity contribution is 7.89. The smallest absolute Gasteiger partial charge is 0.307 e. The molecular weight excluding hydrogens is 398 g/mol. The molecule has 0 amide bonds. The summed E-state index contributed by atoms with van der Waals surface area (Å²) < 4.78 is 38.4. The van der Waals surface area contributed by atoms with E-state index in [4.69, 9.17) is 9.26 Å². The van der Waals surface area contributed by atoms with Crippen LogP contribution in [0.25, 0.3) is 11.4 Å². The van der Waals surface area contributed by atoms with E-state index < -0.39 is 16.0 Å². The van der Waals surface area contributed by atoms with Crippen molar-refractivity contribution in [3.05, 3.63) is 47.7 Å². The van der Waals surface area contributed by atoms with Gasteiger partial charge in [0, 0.05) is 25.4 Å². The Labute approximate surface area is 168 Å². The van der Waals surface area contributed by atoms with E-state index in [0.717, 1.165) is 11.1 Å². The number of carbonyl (C=O) groups is 1. The number of benzene rings is 1. The summed E-state index contributed by atoms with van der Waals surface area (Å²) in [5, 5.41) is 3.79. The lowest BCUT2D eigenvalue weighted by atomic mass is 10.1. The van der Waals surface area contributed by atoms with E-state index in [9.17, 15) is 13.2 Å². The Morgan fingerprint density at radius 3 is 2.69 bits per heavy atom. The summed E-state index contributed by atoms with van der Waals surface area (Å²) in [6.07, 6.45) is 1.25. The number of aromatic nitrogens is 4. The van der Waals surface area contributed by atoms with Crippen LogP contribution in [0.15, 0.2) is 40.0 Å². The lowest BCUT2D eigenvalue weighted by Gasteiger charge is -2.04. The highest BCUT2D eigenvalue weighted by atomic mass is 32.2. The van der Waals surface area contributed by atoms with Crippen LogP contribution in [-0.4, -0.2) is 40.6 Å². The van der Waals surface area contributed by atoms with Crippen LogP contribution in [0.5, 0.6) is 0 Å². The number of aryl methyl sites for hydroxylation is 3. The summed E-state index contributed by atoms with van der Waals surface area (Å²) in [6.45, 7) is 3.32. The summed E-state index contributed by atoms with van der Waals surface area (Å²) in [4.78, 5) is 20.0. The highest BCUT2D eigenvalue weighted by Crippen LogP contribution is 2.20. The molecule has 0 radical (unpaired) electrons. The third-order valence-corrected chi connectivity index (χ3v) is 5.53. The number of carbonyl (C=O) groups excluding carboxylic acids is 1. The molecule has 0 fully saturated rings. The summed E-state index contributed by atoms with van der Waals surface area (Å²) in [7, 11) is -2.09. The van der Waals surface area contributed by atoms with E-state index in [2.05, 4.69) is 19.8 Å². The maximum absolute atomic E-state index is 12.2. The number of nitrogens with zero attached hydrogens (tertiary/aromatic N) is 4. The fourth-order valence-corrected chi connectivity index (χ4v) is 3.55. The average molecular weight is 419 g/mol. The summed E-state index contributed by atoms with van der Waals surface area (Å²) >= 11 is 0.